The number of rotatable bonds is 5. The number of likely N-dealkylation sites (tertiary alicyclic amines) is 1. The van der Waals surface area contributed by atoms with E-state index >= 15 is 0 Å². The lowest BCUT2D eigenvalue weighted by atomic mass is 10.0. The van der Waals surface area contributed by atoms with Crippen molar-refractivity contribution in [3.8, 4) is 0 Å². The summed E-state index contributed by atoms with van der Waals surface area (Å²) >= 11 is 0. The van der Waals surface area contributed by atoms with Gasteiger partial charge in [-0.15, -0.1) is 0 Å². The van der Waals surface area contributed by atoms with Crippen LogP contribution in [0.3, 0.4) is 0 Å². The molecule has 114 valence electrons. The molecule has 1 saturated heterocycles. The molecular weight excluding hydrogens is 273 g/mol. The number of anilines is 2. The highest BCUT2D eigenvalue weighted by atomic mass is 19.1. The van der Waals surface area contributed by atoms with Crippen LogP contribution < -0.4 is 11.1 Å². The summed E-state index contributed by atoms with van der Waals surface area (Å²) in [7, 11) is 0. The van der Waals surface area contributed by atoms with Gasteiger partial charge in [0.15, 0.2) is 0 Å². The molecule has 3 N–H and O–H groups in total. The normalized spacial score (nSPS) is 18.1. The smallest absolute Gasteiger partial charge is 0.244 e. The number of nitrogens with zero attached hydrogens (tertiary/aromatic N) is 1. The van der Waals surface area contributed by atoms with E-state index in [9.17, 15) is 14.0 Å². The molecule has 0 saturated carbocycles. The number of benzene rings is 1. The number of nitrogens with two attached hydrogens (primary N) is 1. The average Bonchev–Trinajstić information content (AvgIpc) is 2.74. The van der Waals surface area contributed by atoms with Crippen LogP contribution in [0.2, 0.25) is 0 Å². The minimum absolute atomic E-state index is 0.00979. The van der Waals surface area contributed by atoms with Gasteiger partial charge in [0.2, 0.25) is 11.8 Å². The SMILES string of the molecule is CCCC1CC(=O)N(CC(=O)Nc2ccc(F)cc2N)C1. The summed E-state index contributed by atoms with van der Waals surface area (Å²) in [4.78, 5) is 25.4. The number of halogens is 1. The van der Waals surface area contributed by atoms with Gasteiger partial charge in [0, 0.05) is 13.0 Å². The Morgan fingerprint density at radius 1 is 1.52 bits per heavy atom. The van der Waals surface area contributed by atoms with Gasteiger partial charge in [0.25, 0.3) is 0 Å². The minimum Gasteiger partial charge on any atom is -0.397 e. The molecule has 0 aliphatic carbocycles. The zero-order valence-electron chi connectivity index (χ0n) is 12.1. The van der Waals surface area contributed by atoms with Crippen molar-refractivity contribution < 1.29 is 14.0 Å². The van der Waals surface area contributed by atoms with Crippen LogP contribution >= 0.6 is 0 Å². The first-order valence-electron chi connectivity index (χ1n) is 7.12. The molecule has 0 radical (unpaired) electrons. The Hall–Kier alpha value is -2.11. The molecule has 1 heterocycles. The highest BCUT2D eigenvalue weighted by Gasteiger charge is 2.30. The quantitative estimate of drug-likeness (QED) is 0.815. The maximum atomic E-state index is 12.9. The van der Waals surface area contributed by atoms with Crippen LogP contribution in [0.1, 0.15) is 26.2 Å². The maximum Gasteiger partial charge on any atom is 0.244 e. The first kappa shape index (κ1) is 15.3. The standard InChI is InChI=1S/C15H20FN3O2/c1-2-3-10-6-15(21)19(8-10)9-14(20)18-13-5-4-11(16)7-12(13)17/h4-5,7,10H,2-3,6,8-9,17H2,1H3,(H,18,20). The van der Waals surface area contributed by atoms with Crippen LogP contribution in [0.15, 0.2) is 18.2 Å². The lowest BCUT2D eigenvalue weighted by Crippen LogP contribution is -2.34. The second kappa shape index (κ2) is 6.56. The molecule has 2 amide bonds. The average molecular weight is 293 g/mol. The molecule has 5 nitrogen and oxygen atoms in total. The Bertz CT molecular complexity index is 548. The fourth-order valence-electron chi connectivity index (χ4n) is 2.62. The van der Waals surface area contributed by atoms with Crippen molar-refractivity contribution in [3.63, 3.8) is 0 Å². The fraction of sp³-hybridized carbons (Fsp3) is 0.467. The van der Waals surface area contributed by atoms with Gasteiger partial charge in [-0.2, -0.15) is 0 Å². The molecule has 1 aromatic carbocycles. The van der Waals surface area contributed by atoms with E-state index in [0.29, 0.717) is 24.6 Å². The van der Waals surface area contributed by atoms with Gasteiger partial charge in [-0.1, -0.05) is 13.3 Å². The van der Waals surface area contributed by atoms with Crippen LogP contribution in [0, 0.1) is 11.7 Å². The predicted octanol–water partition coefficient (Wildman–Crippen LogP) is 1.99. The number of carbonyl (C=O) groups excluding carboxylic acids is 2. The van der Waals surface area contributed by atoms with Gasteiger partial charge in [0.1, 0.15) is 5.82 Å². The maximum absolute atomic E-state index is 12.9. The van der Waals surface area contributed by atoms with Crippen molar-refractivity contribution in [1.29, 1.82) is 0 Å². The molecule has 1 unspecified atom stereocenters. The van der Waals surface area contributed by atoms with Crippen molar-refractivity contribution >= 4 is 23.2 Å². The van der Waals surface area contributed by atoms with E-state index < -0.39 is 5.82 Å². The molecule has 1 atom stereocenters. The third-order valence-electron chi connectivity index (χ3n) is 3.61. The largest absolute Gasteiger partial charge is 0.397 e. The van der Waals surface area contributed by atoms with Crippen LogP contribution in [0.4, 0.5) is 15.8 Å². The van der Waals surface area contributed by atoms with E-state index in [1.807, 2.05) is 0 Å². The van der Waals surface area contributed by atoms with Gasteiger partial charge in [-0.3, -0.25) is 9.59 Å². The van der Waals surface area contributed by atoms with E-state index in [-0.39, 0.29) is 24.0 Å². The van der Waals surface area contributed by atoms with Crippen LogP contribution in [0.25, 0.3) is 0 Å². The Morgan fingerprint density at radius 2 is 2.29 bits per heavy atom. The molecule has 0 bridgehead atoms. The Labute approximate surface area is 123 Å². The number of nitrogens with one attached hydrogen (secondary N) is 1. The highest BCUT2D eigenvalue weighted by molar-refractivity contribution is 5.97. The summed E-state index contributed by atoms with van der Waals surface area (Å²) in [5.74, 6) is -0.427. The second-order valence-electron chi connectivity index (χ2n) is 5.41. The summed E-state index contributed by atoms with van der Waals surface area (Å²) in [6.45, 7) is 2.71. The van der Waals surface area contributed by atoms with Gasteiger partial charge in [-0.25, -0.2) is 4.39 Å². The van der Waals surface area contributed by atoms with Crippen molar-refractivity contribution in [2.24, 2.45) is 5.92 Å². The van der Waals surface area contributed by atoms with Crippen LogP contribution in [0.5, 0.6) is 0 Å². The van der Waals surface area contributed by atoms with Crippen molar-refractivity contribution in [2.75, 3.05) is 24.1 Å². The van der Waals surface area contributed by atoms with E-state index in [1.54, 1.807) is 4.90 Å². The van der Waals surface area contributed by atoms with Crippen molar-refractivity contribution in [1.82, 2.24) is 4.90 Å². The van der Waals surface area contributed by atoms with Gasteiger partial charge in [0.05, 0.1) is 17.9 Å². The molecule has 1 fully saturated rings. The van der Waals surface area contributed by atoms with Crippen molar-refractivity contribution in [3.05, 3.63) is 24.0 Å². The molecule has 0 spiro atoms. The van der Waals surface area contributed by atoms with E-state index in [0.717, 1.165) is 18.9 Å². The molecular formula is C15H20FN3O2. The number of amides is 2. The highest BCUT2D eigenvalue weighted by Crippen LogP contribution is 2.23. The number of carbonyl (C=O) groups is 2. The van der Waals surface area contributed by atoms with E-state index in [1.165, 1.54) is 12.1 Å². The Kier molecular flexibility index (Phi) is 4.77. The molecule has 2 rings (SSSR count). The summed E-state index contributed by atoms with van der Waals surface area (Å²) in [6, 6.07) is 3.78. The fourth-order valence-corrected chi connectivity index (χ4v) is 2.62. The number of hydrogen-bond acceptors (Lipinski definition) is 3. The summed E-state index contributed by atoms with van der Waals surface area (Å²) in [5.41, 5.74) is 6.16. The number of nitrogen functional groups attached to an aromatic ring is 1. The van der Waals surface area contributed by atoms with Crippen LogP contribution in [-0.2, 0) is 9.59 Å². The summed E-state index contributed by atoms with van der Waals surface area (Å²) < 4.78 is 12.9. The third-order valence-corrected chi connectivity index (χ3v) is 3.61. The van der Waals surface area contributed by atoms with Gasteiger partial charge in [-0.05, 0) is 30.5 Å². The third kappa shape index (κ3) is 3.93. The first-order chi connectivity index (χ1) is 9.99. The molecule has 1 aliphatic rings. The molecule has 1 aromatic rings. The lowest BCUT2D eigenvalue weighted by Gasteiger charge is -2.16. The monoisotopic (exact) mass is 293 g/mol. The zero-order chi connectivity index (χ0) is 15.4. The Balaban J connectivity index is 1.91. The second-order valence-corrected chi connectivity index (χ2v) is 5.41. The zero-order valence-corrected chi connectivity index (χ0v) is 12.1. The molecule has 0 aromatic heterocycles. The van der Waals surface area contributed by atoms with Gasteiger partial charge < -0.3 is 16.0 Å². The van der Waals surface area contributed by atoms with Crippen molar-refractivity contribution in [2.45, 2.75) is 26.2 Å². The Morgan fingerprint density at radius 3 is 2.95 bits per heavy atom. The van der Waals surface area contributed by atoms with Gasteiger partial charge >= 0.3 is 0 Å². The molecule has 6 heteroatoms. The lowest BCUT2D eigenvalue weighted by molar-refractivity contribution is -0.131. The minimum atomic E-state index is -0.456. The number of hydrogen-bond donors (Lipinski definition) is 2. The van der Waals surface area contributed by atoms with E-state index in [2.05, 4.69) is 12.2 Å². The van der Waals surface area contributed by atoms with E-state index in [4.69, 9.17) is 5.73 Å². The van der Waals surface area contributed by atoms with Crippen LogP contribution in [-0.4, -0.2) is 29.8 Å². The predicted molar refractivity (Wildman–Crippen MR) is 79.0 cm³/mol. The summed E-state index contributed by atoms with van der Waals surface area (Å²) in [5, 5.41) is 2.61. The first-order valence-corrected chi connectivity index (χ1v) is 7.12. The topological polar surface area (TPSA) is 75.4 Å². The molecule has 1 aliphatic heterocycles. The summed E-state index contributed by atoms with van der Waals surface area (Å²) in [6.07, 6.45) is 2.54. The molecule has 21 heavy (non-hydrogen) atoms.